The Morgan fingerprint density at radius 2 is 1.93 bits per heavy atom. The highest BCUT2D eigenvalue weighted by Gasteiger charge is 2.12. The fourth-order valence-corrected chi connectivity index (χ4v) is 1.49. The zero-order valence-corrected chi connectivity index (χ0v) is 9.83. The first kappa shape index (κ1) is 11.6. The van der Waals surface area contributed by atoms with Crippen molar-refractivity contribution in [2.45, 2.75) is 33.7 Å². The van der Waals surface area contributed by atoms with Crippen LogP contribution < -0.4 is 5.32 Å². The van der Waals surface area contributed by atoms with Crippen molar-refractivity contribution < 1.29 is 0 Å². The van der Waals surface area contributed by atoms with E-state index in [1.54, 1.807) is 0 Å². The number of hydrogen-bond donors (Lipinski definition) is 1. The Labute approximate surface area is 91.9 Å². The van der Waals surface area contributed by atoms with Crippen LogP contribution in [0.1, 0.15) is 25.0 Å². The molecule has 15 heavy (non-hydrogen) atoms. The number of nitriles is 1. The minimum atomic E-state index is -0.119. The van der Waals surface area contributed by atoms with Gasteiger partial charge in [-0.25, -0.2) is 0 Å². The topological polar surface area (TPSA) is 35.8 Å². The molecule has 1 rings (SSSR count). The second-order valence-corrected chi connectivity index (χ2v) is 4.31. The molecule has 0 aliphatic carbocycles. The Morgan fingerprint density at radius 3 is 2.40 bits per heavy atom. The molecule has 1 N–H and O–H groups in total. The van der Waals surface area contributed by atoms with Crippen molar-refractivity contribution in [3.8, 4) is 6.07 Å². The molecule has 0 saturated heterocycles. The monoisotopic (exact) mass is 202 g/mol. The van der Waals surface area contributed by atoms with Crippen LogP contribution >= 0.6 is 0 Å². The van der Waals surface area contributed by atoms with Gasteiger partial charge < -0.3 is 5.32 Å². The molecule has 1 unspecified atom stereocenters. The molecule has 0 saturated carbocycles. The van der Waals surface area contributed by atoms with Gasteiger partial charge in [0.15, 0.2) is 0 Å². The van der Waals surface area contributed by atoms with Crippen LogP contribution in [-0.4, -0.2) is 6.04 Å². The van der Waals surface area contributed by atoms with Crippen molar-refractivity contribution in [3.05, 3.63) is 29.3 Å². The summed E-state index contributed by atoms with van der Waals surface area (Å²) in [5, 5.41) is 12.3. The summed E-state index contributed by atoms with van der Waals surface area (Å²) in [5.41, 5.74) is 3.49. The zero-order valence-electron chi connectivity index (χ0n) is 9.83. The molecule has 0 aromatic heterocycles. The van der Waals surface area contributed by atoms with E-state index in [-0.39, 0.29) is 6.04 Å². The van der Waals surface area contributed by atoms with Crippen LogP contribution in [0.15, 0.2) is 18.2 Å². The van der Waals surface area contributed by atoms with E-state index >= 15 is 0 Å². The third-order valence-electron chi connectivity index (χ3n) is 2.50. The quantitative estimate of drug-likeness (QED) is 0.816. The summed E-state index contributed by atoms with van der Waals surface area (Å²) in [5.74, 6) is 0.315. The van der Waals surface area contributed by atoms with Crippen molar-refractivity contribution in [1.29, 1.82) is 5.26 Å². The lowest BCUT2D eigenvalue weighted by atomic mass is 10.0. The van der Waals surface area contributed by atoms with Crippen LogP contribution in [-0.2, 0) is 0 Å². The number of anilines is 1. The predicted molar refractivity (Wildman–Crippen MR) is 63.8 cm³/mol. The van der Waals surface area contributed by atoms with E-state index in [1.807, 2.05) is 19.9 Å². The van der Waals surface area contributed by atoms with Crippen molar-refractivity contribution in [2.24, 2.45) is 5.92 Å². The molecule has 0 fully saturated rings. The molecule has 0 bridgehead atoms. The van der Waals surface area contributed by atoms with E-state index in [1.165, 1.54) is 11.1 Å². The van der Waals surface area contributed by atoms with Gasteiger partial charge in [0.2, 0.25) is 0 Å². The van der Waals surface area contributed by atoms with Crippen LogP contribution in [0.4, 0.5) is 5.69 Å². The summed E-state index contributed by atoms with van der Waals surface area (Å²) in [7, 11) is 0. The molecule has 0 aliphatic heterocycles. The largest absolute Gasteiger partial charge is 0.369 e. The maximum atomic E-state index is 8.99. The van der Waals surface area contributed by atoms with Crippen molar-refractivity contribution in [3.63, 3.8) is 0 Å². The van der Waals surface area contributed by atoms with Gasteiger partial charge in [-0.05, 0) is 31.4 Å². The molecule has 1 aromatic carbocycles. The number of rotatable bonds is 3. The van der Waals surface area contributed by atoms with Gasteiger partial charge in [0.1, 0.15) is 6.04 Å². The van der Waals surface area contributed by atoms with Crippen LogP contribution in [0.2, 0.25) is 0 Å². The number of benzene rings is 1. The van der Waals surface area contributed by atoms with E-state index in [9.17, 15) is 0 Å². The third kappa shape index (κ3) is 2.99. The molecular weight excluding hydrogens is 184 g/mol. The summed E-state index contributed by atoms with van der Waals surface area (Å²) in [6.45, 7) is 8.22. The Hall–Kier alpha value is -1.49. The van der Waals surface area contributed by atoms with Crippen LogP contribution in [0.5, 0.6) is 0 Å². The number of nitrogens with one attached hydrogen (secondary N) is 1. The standard InChI is InChI=1S/C13H18N2/c1-9(2)13(8-14)15-12-6-5-10(3)7-11(12)4/h5-7,9,13,15H,1-4H3. The maximum absolute atomic E-state index is 8.99. The lowest BCUT2D eigenvalue weighted by Crippen LogP contribution is -2.23. The minimum absolute atomic E-state index is 0.119. The summed E-state index contributed by atoms with van der Waals surface area (Å²) < 4.78 is 0. The second kappa shape index (κ2) is 4.84. The Bertz CT molecular complexity index is 375. The predicted octanol–water partition coefficient (Wildman–Crippen LogP) is 3.26. The molecule has 0 heterocycles. The van der Waals surface area contributed by atoms with E-state index in [0.717, 1.165) is 5.69 Å². The molecule has 1 aromatic rings. The Kier molecular flexibility index (Phi) is 3.74. The average molecular weight is 202 g/mol. The van der Waals surface area contributed by atoms with E-state index in [2.05, 4.69) is 37.4 Å². The van der Waals surface area contributed by atoms with Gasteiger partial charge in [-0.1, -0.05) is 31.5 Å². The molecule has 2 nitrogen and oxygen atoms in total. The van der Waals surface area contributed by atoms with Crippen molar-refractivity contribution in [1.82, 2.24) is 0 Å². The van der Waals surface area contributed by atoms with Gasteiger partial charge in [0, 0.05) is 5.69 Å². The van der Waals surface area contributed by atoms with E-state index in [4.69, 9.17) is 5.26 Å². The molecule has 0 spiro atoms. The lowest BCUT2D eigenvalue weighted by molar-refractivity contribution is 0.609. The highest BCUT2D eigenvalue weighted by molar-refractivity contribution is 5.53. The first-order valence-corrected chi connectivity index (χ1v) is 5.28. The number of aryl methyl sites for hydroxylation is 2. The van der Waals surface area contributed by atoms with Gasteiger partial charge in [0.05, 0.1) is 6.07 Å². The molecule has 0 amide bonds. The van der Waals surface area contributed by atoms with Crippen molar-refractivity contribution in [2.75, 3.05) is 5.32 Å². The summed E-state index contributed by atoms with van der Waals surface area (Å²) in [6, 6.07) is 8.38. The smallest absolute Gasteiger partial charge is 0.116 e. The molecule has 0 radical (unpaired) electrons. The maximum Gasteiger partial charge on any atom is 0.116 e. The molecule has 80 valence electrons. The molecule has 2 heteroatoms. The lowest BCUT2D eigenvalue weighted by Gasteiger charge is -2.18. The van der Waals surface area contributed by atoms with Gasteiger partial charge in [-0.15, -0.1) is 0 Å². The highest BCUT2D eigenvalue weighted by atomic mass is 14.9. The second-order valence-electron chi connectivity index (χ2n) is 4.31. The van der Waals surface area contributed by atoms with Gasteiger partial charge in [-0.3, -0.25) is 0 Å². The van der Waals surface area contributed by atoms with E-state index < -0.39 is 0 Å². The van der Waals surface area contributed by atoms with Crippen LogP contribution in [0.25, 0.3) is 0 Å². The average Bonchev–Trinajstić information content (AvgIpc) is 2.16. The van der Waals surface area contributed by atoms with Gasteiger partial charge in [0.25, 0.3) is 0 Å². The molecule has 0 aliphatic rings. The third-order valence-corrected chi connectivity index (χ3v) is 2.50. The molecule has 1 atom stereocenters. The Morgan fingerprint density at radius 1 is 1.27 bits per heavy atom. The first-order valence-electron chi connectivity index (χ1n) is 5.28. The summed E-state index contributed by atoms with van der Waals surface area (Å²) in [4.78, 5) is 0. The van der Waals surface area contributed by atoms with Crippen LogP contribution in [0, 0.1) is 31.1 Å². The fourth-order valence-electron chi connectivity index (χ4n) is 1.49. The van der Waals surface area contributed by atoms with Crippen molar-refractivity contribution >= 4 is 5.69 Å². The SMILES string of the molecule is Cc1ccc(NC(C#N)C(C)C)c(C)c1. The number of hydrogen-bond acceptors (Lipinski definition) is 2. The summed E-state index contributed by atoms with van der Waals surface area (Å²) in [6.07, 6.45) is 0. The molecular formula is C13H18N2. The van der Waals surface area contributed by atoms with Gasteiger partial charge in [-0.2, -0.15) is 5.26 Å². The van der Waals surface area contributed by atoms with E-state index in [0.29, 0.717) is 5.92 Å². The Balaban J connectivity index is 2.85. The van der Waals surface area contributed by atoms with Gasteiger partial charge >= 0.3 is 0 Å². The summed E-state index contributed by atoms with van der Waals surface area (Å²) >= 11 is 0. The number of nitrogens with zero attached hydrogens (tertiary/aromatic N) is 1. The zero-order chi connectivity index (χ0) is 11.4. The normalized spacial score (nSPS) is 12.3. The highest BCUT2D eigenvalue weighted by Crippen LogP contribution is 2.18. The fraction of sp³-hybridized carbons (Fsp3) is 0.462. The van der Waals surface area contributed by atoms with Crippen LogP contribution in [0.3, 0.4) is 0 Å². The minimum Gasteiger partial charge on any atom is -0.369 e. The first-order chi connectivity index (χ1) is 7.04.